The van der Waals surface area contributed by atoms with Crippen LogP contribution in [0.1, 0.15) is 19.3 Å². The molecule has 18 heavy (non-hydrogen) atoms. The summed E-state index contributed by atoms with van der Waals surface area (Å²) >= 11 is 0. The first-order chi connectivity index (χ1) is 8.43. The van der Waals surface area contributed by atoms with Gasteiger partial charge in [0.25, 0.3) is 10.0 Å². The summed E-state index contributed by atoms with van der Waals surface area (Å²) in [5.41, 5.74) is 5.16. The number of hydrogen-bond donors (Lipinski definition) is 3. The topological polar surface area (TPSA) is 109 Å². The van der Waals surface area contributed by atoms with Crippen molar-refractivity contribution in [3.05, 3.63) is 24.1 Å². The average molecular weight is 274 g/mol. The molecule has 1 aromatic heterocycles. The number of amidine groups is 1. The fraction of sp³-hybridized carbons (Fsp3) is 0.400. The maximum Gasteiger partial charge on any atom is 0.261 e. The van der Waals surface area contributed by atoms with Gasteiger partial charge in [0, 0.05) is 19.2 Å². The van der Waals surface area contributed by atoms with Crippen LogP contribution in [0.15, 0.2) is 23.4 Å². The first-order valence-electron chi connectivity index (χ1n) is 5.36. The molecule has 6 nitrogen and oxygen atoms in total. The van der Waals surface area contributed by atoms with E-state index >= 15 is 0 Å². The number of nitrogens with one attached hydrogen (secondary N) is 2. The molecule has 0 unspecified atom stereocenters. The summed E-state index contributed by atoms with van der Waals surface area (Å²) in [5, 5.41) is 6.39. The van der Waals surface area contributed by atoms with Gasteiger partial charge in [-0.1, -0.05) is 0 Å². The molecule has 0 amide bonds. The van der Waals surface area contributed by atoms with Crippen LogP contribution in [0.5, 0.6) is 0 Å². The lowest BCUT2D eigenvalue weighted by Crippen LogP contribution is -2.26. The maximum atomic E-state index is 13.2. The Kier molecular flexibility index (Phi) is 5.17. The van der Waals surface area contributed by atoms with Gasteiger partial charge in [-0.25, -0.2) is 22.5 Å². The van der Waals surface area contributed by atoms with Crippen molar-refractivity contribution < 1.29 is 12.8 Å². The highest BCUT2D eigenvalue weighted by Crippen LogP contribution is 2.09. The fourth-order valence-electron chi connectivity index (χ4n) is 1.28. The largest absolute Gasteiger partial charge is 0.388 e. The monoisotopic (exact) mass is 274 g/mol. The molecule has 8 heteroatoms. The van der Waals surface area contributed by atoms with Gasteiger partial charge < -0.3 is 5.73 Å². The second-order valence-corrected chi connectivity index (χ2v) is 5.35. The molecule has 0 atom stereocenters. The van der Waals surface area contributed by atoms with Crippen molar-refractivity contribution in [1.82, 2.24) is 9.71 Å². The van der Waals surface area contributed by atoms with Gasteiger partial charge in [0.2, 0.25) is 5.03 Å². The van der Waals surface area contributed by atoms with Crippen LogP contribution in [0.25, 0.3) is 0 Å². The smallest absolute Gasteiger partial charge is 0.261 e. The quantitative estimate of drug-likeness (QED) is 0.384. The lowest BCUT2D eigenvalue weighted by molar-refractivity contribution is 0.542. The molecule has 0 aliphatic carbocycles. The number of hydrogen-bond acceptors (Lipinski definition) is 4. The standard InChI is InChI=1S/C10H15FN4O2S/c11-8-4-3-6-14-10(8)18(16,17)15-7-2-1-5-9(12)13/h3-4,6,15H,1-2,5,7H2,(H3,12,13). The SMILES string of the molecule is N=C(N)CCCCNS(=O)(=O)c1ncccc1F. The Labute approximate surface area is 105 Å². The van der Waals surface area contributed by atoms with Crippen molar-refractivity contribution in [2.24, 2.45) is 5.73 Å². The predicted molar refractivity (Wildman–Crippen MR) is 65.1 cm³/mol. The molecule has 0 aliphatic rings. The summed E-state index contributed by atoms with van der Waals surface area (Å²) in [6.45, 7) is 0.158. The minimum Gasteiger partial charge on any atom is -0.388 e. The van der Waals surface area contributed by atoms with Crippen LogP contribution in [-0.2, 0) is 10.0 Å². The minimum atomic E-state index is -3.91. The van der Waals surface area contributed by atoms with E-state index in [-0.39, 0.29) is 12.4 Å². The molecule has 0 aliphatic heterocycles. The van der Waals surface area contributed by atoms with Crippen LogP contribution < -0.4 is 10.5 Å². The first kappa shape index (κ1) is 14.5. The molecule has 0 radical (unpaired) electrons. The van der Waals surface area contributed by atoms with Crippen molar-refractivity contribution in [2.75, 3.05) is 6.54 Å². The molecule has 0 bridgehead atoms. The van der Waals surface area contributed by atoms with Crippen LogP contribution in [-0.4, -0.2) is 25.8 Å². The molecular formula is C10H15FN4O2S. The summed E-state index contributed by atoms with van der Waals surface area (Å²) in [6, 6.07) is 2.36. The summed E-state index contributed by atoms with van der Waals surface area (Å²) in [6.07, 6.45) is 2.75. The Balaban J connectivity index is 2.51. The number of nitrogens with two attached hydrogens (primary N) is 1. The second kappa shape index (κ2) is 6.41. The van der Waals surface area contributed by atoms with E-state index in [2.05, 4.69) is 9.71 Å². The normalized spacial score (nSPS) is 11.4. The van der Waals surface area contributed by atoms with Gasteiger partial charge in [-0.3, -0.25) is 5.41 Å². The van der Waals surface area contributed by atoms with E-state index in [1.807, 2.05) is 0 Å². The van der Waals surface area contributed by atoms with Crippen molar-refractivity contribution in [1.29, 1.82) is 5.41 Å². The number of pyridine rings is 1. The summed E-state index contributed by atoms with van der Waals surface area (Å²) < 4.78 is 38.8. The van der Waals surface area contributed by atoms with Gasteiger partial charge in [-0.05, 0) is 25.0 Å². The van der Waals surface area contributed by atoms with E-state index in [9.17, 15) is 12.8 Å². The Morgan fingerprint density at radius 1 is 1.50 bits per heavy atom. The summed E-state index contributed by atoms with van der Waals surface area (Å²) in [4.78, 5) is 3.50. The maximum absolute atomic E-state index is 13.2. The third-order valence-corrected chi connectivity index (χ3v) is 3.54. The minimum absolute atomic E-state index is 0.0635. The van der Waals surface area contributed by atoms with Gasteiger partial charge in [0.15, 0.2) is 5.82 Å². The third kappa shape index (κ3) is 4.38. The number of halogens is 1. The van der Waals surface area contributed by atoms with E-state index in [1.165, 1.54) is 12.3 Å². The first-order valence-corrected chi connectivity index (χ1v) is 6.85. The zero-order chi connectivity index (χ0) is 13.6. The number of nitrogens with zero attached hydrogens (tertiary/aromatic N) is 1. The Morgan fingerprint density at radius 2 is 2.22 bits per heavy atom. The van der Waals surface area contributed by atoms with Crippen LogP contribution in [0.3, 0.4) is 0 Å². The highest BCUT2D eigenvalue weighted by atomic mass is 32.2. The van der Waals surface area contributed by atoms with E-state index in [0.717, 1.165) is 6.07 Å². The van der Waals surface area contributed by atoms with Crippen LogP contribution >= 0.6 is 0 Å². The van der Waals surface area contributed by atoms with Gasteiger partial charge in [0.05, 0.1) is 5.84 Å². The molecule has 4 N–H and O–H groups in total. The third-order valence-electron chi connectivity index (χ3n) is 2.14. The van der Waals surface area contributed by atoms with E-state index in [0.29, 0.717) is 19.3 Å². The molecular weight excluding hydrogens is 259 g/mol. The highest BCUT2D eigenvalue weighted by molar-refractivity contribution is 7.89. The molecule has 1 heterocycles. The highest BCUT2D eigenvalue weighted by Gasteiger charge is 2.19. The van der Waals surface area contributed by atoms with Gasteiger partial charge >= 0.3 is 0 Å². The van der Waals surface area contributed by atoms with Crippen molar-refractivity contribution in [2.45, 2.75) is 24.3 Å². The van der Waals surface area contributed by atoms with Crippen molar-refractivity contribution in [3.63, 3.8) is 0 Å². The number of sulfonamides is 1. The Hall–Kier alpha value is -1.54. The molecule has 100 valence electrons. The van der Waals surface area contributed by atoms with Crippen LogP contribution in [0.4, 0.5) is 4.39 Å². The summed E-state index contributed by atoms with van der Waals surface area (Å²) in [7, 11) is -3.91. The second-order valence-electron chi connectivity index (χ2n) is 3.67. The lowest BCUT2D eigenvalue weighted by Gasteiger charge is -2.06. The van der Waals surface area contributed by atoms with Crippen molar-refractivity contribution in [3.8, 4) is 0 Å². The molecule has 1 rings (SSSR count). The number of rotatable bonds is 7. The van der Waals surface area contributed by atoms with Gasteiger partial charge in [-0.2, -0.15) is 0 Å². The van der Waals surface area contributed by atoms with E-state index in [1.54, 1.807) is 0 Å². The average Bonchev–Trinajstić information content (AvgIpc) is 2.28. The Morgan fingerprint density at radius 3 is 2.83 bits per heavy atom. The molecule has 0 aromatic carbocycles. The van der Waals surface area contributed by atoms with E-state index < -0.39 is 20.9 Å². The lowest BCUT2D eigenvalue weighted by atomic mass is 10.2. The molecule has 1 aromatic rings. The van der Waals surface area contributed by atoms with Crippen LogP contribution in [0.2, 0.25) is 0 Å². The molecule has 0 saturated carbocycles. The molecule has 0 saturated heterocycles. The fourth-order valence-corrected chi connectivity index (χ4v) is 2.36. The zero-order valence-corrected chi connectivity index (χ0v) is 10.5. The number of aromatic nitrogens is 1. The molecule has 0 fully saturated rings. The molecule has 0 spiro atoms. The number of unbranched alkanes of at least 4 members (excludes halogenated alkanes) is 1. The van der Waals surface area contributed by atoms with Crippen LogP contribution in [0, 0.1) is 11.2 Å². The zero-order valence-electron chi connectivity index (χ0n) is 9.69. The Bertz CT molecular complexity index is 518. The van der Waals surface area contributed by atoms with E-state index in [4.69, 9.17) is 11.1 Å². The predicted octanol–water partition coefficient (Wildman–Crippen LogP) is 0.605. The van der Waals surface area contributed by atoms with Gasteiger partial charge in [0.1, 0.15) is 0 Å². The van der Waals surface area contributed by atoms with Crippen molar-refractivity contribution >= 4 is 15.9 Å². The van der Waals surface area contributed by atoms with Gasteiger partial charge in [-0.15, -0.1) is 0 Å². The summed E-state index contributed by atoms with van der Waals surface area (Å²) in [5.74, 6) is -0.817.